The minimum atomic E-state index is -0.166. The number of benzene rings is 1. The van der Waals surface area contributed by atoms with Crippen LogP contribution in [0.25, 0.3) is 0 Å². The van der Waals surface area contributed by atoms with Crippen LogP contribution in [-0.2, 0) is 4.79 Å². The Hall–Kier alpha value is -2.05. The molecule has 37 heavy (non-hydrogen) atoms. The van der Waals surface area contributed by atoms with Gasteiger partial charge in [-0.25, -0.2) is 0 Å². The molecule has 0 radical (unpaired) electrons. The van der Waals surface area contributed by atoms with E-state index in [0.29, 0.717) is 35.4 Å². The lowest BCUT2D eigenvalue weighted by molar-refractivity contribution is -0.116. The number of anilines is 1. The van der Waals surface area contributed by atoms with Gasteiger partial charge < -0.3 is 10.0 Å². The summed E-state index contributed by atoms with van der Waals surface area (Å²) in [5, 5.41) is 11.0. The minimum Gasteiger partial charge on any atom is -0.393 e. The Morgan fingerprint density at radius 3 is 2.27 bits per heavy atom. The third-order valence-electron chi connectivity index (χ3n) is 10.1. The van der Waals surface area contributed by atoms with Gasteiger partial charge in [0.15, 0.2) is 5.78 Å². The summed E-state index contributed by atoms with van der Waals surface area (Å²) in [6.45, 7) is 14.9. The molecule has 3 heteroatoms. The summed E-state index contributed by atoms with van der Waals surface area (Å²) in [7, 11) is 0. The van der Waals surface area contributed by atoms with Gasteiger partial charge in [0.05, 0.1) is 6.10 Å². The molecule has 0 heterocycles. The van der Waals surface area contributed by atoms with Crippen LogP contribution in [0.5, 0.6) is 0 Å². The molecule has 5 rings (SSSR count). The molecule has 3 nitrogen and oxygen atoms in total. The van der Waals surface area contributed by atoms with E-state index in [2.05, 4.69) is 55.9 Å². The lowest BCUT2D eigenvalue weighted by atomic mass is 9.48. The molecule has 0 bridgehead atoms. The van der Waals surface area contributed by atoms with Gasteiger partial charge in [-0.2, -0.15) is 0 Å². The van der Waals surface area contributed by atoms with Crippen molar-refractivity contribution in [2.24, 2.45) is 34.5 Å². The number of hydrogen-bond acceptors (Lipinski definition) is 3. The second-order valence-electron chi connectivity index (χ2n) is 13.3. The number of allylic oxidation sites excluding steroid dienone is 1. The Balaban J connectivity index is 0.000000480. The number of aliphatic hydroxyl groups is 1. The number of aliphatic hydroxyl groups excluding tert-OH is 1. The van der Waals surface area contributed by atoms with Crippen LogP contribution in [0.1, 0.15) is 98.0 Å². The third kappa shape index (κ3) is 5.56. The normalized spacial score (nSPS) is 34.6. The topological polar surface area (TPSA) is 40.5 Å². The second kappa shape index (κ2) is 11.0. The number of rotatable bonds is 4. The second-order valence-corrected chi connectivity index (χ2v) is 13.3. The molecule has 0 amide bonds. The van der Waals surface area contributed by atoms with Crippen molar-refractivity contribution in [3.63, 3.8) is 0 Å². The van der Waals surface area contributed by atoms with Crippen molar-refractivity contribution in [1.29, 1.82) is 0 Å². The molecule has 4 aliphatic carbocycles. The van der Waals surface area contributed by atoms with Gasteiger partial charge in [-0.3, -0.25) is 4.79 Å². The first-order chi connectivity index (χ1) is 17.5. The molecule has 7 atom stereocenters. The first-order valence-electron chi connectivity index (χ1n) is 14.8. The van der Waals surface area contributed by atoms with Gasteiger partial charge in [0.1, 0.15) is 0 Å². The highest BCUT2D eigenvalue weighted by Crippen LogP contribution is 2.65. The largest absolute Gasteiger partial charge is 0.393 e. The molecular weight excluding hydrogens is 454 g/mol. The van der Waals surface area contributed by atoms with E-state index in [0.717, 1.165) is 45.2 Å². The van der Waals surface area contributed by atoms with Gasteiger partial charge in [0.2, 0.25) is 0 Å². The maximum atomic E-state index is 12.2. The summed E-state index contributed by atoms with van der Waals surface area (Å²) in [6, 6.07) is 9.35. The average Bonchev–Trinajstić information content (AvgIpc) is 3.18. The Bertz CT molecular complexity index is 1020. The van der Waals surface area contributed by atoms with Crippen LogP contribution in [0.4, 0.5) is 5.69 Å². The minimum absolute atomic E-state index is 0.0368. The van der Waals surface area contributed by atoms with Crippen molar-refractivity contribution in [1.82, 2.24) is 0 Å². The number of fused-ring (bicyclic) bond motifs is 5. The van der Waals surface area contributed by atoms with Gasteiger partial charge in [-0.15, -0.1) is 12.3 Å². The SMILES string of the molecule is C#CC(C)(C)C.CCN(CC)c1ccc(C2CC3(C)C(O)CCC3C3CCC4=CC(=O)CCC4C23)cc1. The van der Waals surface area contributed by atoms with Crippen LogP contribution < -0.4 is 4.90 Å². The Morgan fingerprint density at radius 1 is 1.03 bits per heavy atom. The fourth-order valence-corrected chi connectivity index (χ4v) is 8.14. The van der Waals surface area contributed by atoms with Gasteiger partial charge in [0.25, 0.3) is 0 Å². The molecule has 3 fully saturated rings. The molecule has 3 saturated carbocycles. The van der Waals surface area contributed by atoms with Crippen molar-refractivity contribution in [3.8, 4) is 12.3 Å². The first kappa shape index (κ1) is 28.0. The lowest BCUT2D eigenvalue weighted by Gasteiger charge is -2.57. The standard InChI is InChI=1S/C28H39NO2.C6H10/c1-4-29(5-2)20-9-6-18(7-10-20)24-17-28(3)25(14-15-26(28)31)23-12-8-19-16-21(30)11-13-22(19)27(23)24;1-5-6(2,3)4/h6-7,9-10,16,22-27,31H,4-5,8,11-15,17H2,1-3H3;1H,2-4H3. The van der Waals surface area contributed by atoms with Crippen molar-refractivity contribution in [3.05, 3.63) is 41.5 Å². The summed E-state index contributed by atoms with van der Waals surface area (Å²) >= 11 is 0. The molecule has 7 unspecified atom stereocenters. The number of ketones is 1. The maximum Gasteiger partial charge on any atom is 0.155 e. The number of nitrogens with zero attached hydrogens (tertiary/aromatic N) is 1. The van der Waals surface area contributed by atoms with Crippen LogP contribution in [-0.4, -0.2) is 30.1 Å². The van der Waals surface area contributed by atoms with E-state index in [1.165, 1.54) is 29.7 Å². The van der Waals surface area contributed by atoms with Crippen molar-refractivity contribution in [2.75, 3.05) is 18.0 Å². The molecule has 1 N–H and O–H groups in total. The Labute approximate surface area is 226 Å². The monoisotopic (exact) mass is 503 g/mol. The first-order valence-corrected chi connectivity index (χ1v) is 14.8. The number of carbonyl (C=O) groups excluding carboxylic acids is 1. The Morgan fingerprint density at radius 2 is 1.68 bits per heavy atom. The zero-order valence-corrected chi connectivity index (χ0v) is 24.1. The van der Waals surface area contributed by atoms with Gasteiger partial charge >= 0.3 is 0 Å². The highest BCUT2D eigenvalue weighted by molar-refractivity contribution is 5.91. The van der Waals surface area contributed by atoms with E-state index in [4.69, 9.17) is 6.42 Å². The Kier molecular flexibility index (Phi) is 8.30. The van der Waals surface area contributed by atoms with Crippen molar-refractivity contribution < 1.29 is 9.90 Å². The summed E-state index contributed by atoms with van der Waals surface area (Å²) in [4.78, 5) is 14.6. The van der Waals surface area contributed by atoms with E-state index in [9.17, 15) is 9.90 Å². The number of terminal acetylenes is 1. The van der Waals surface area contributed by atoms with Crippen LogP contribution in [0.15, 0.2) is 35.9 Å². The number of carbonyl (C=O) groups is 1. The predicted octanol–water partition coefficient (Wildman–Crippen LogP) is 7.39. The lowest BCUT2D eigenvalue weighted by Crippen LogP contribution is -2.50. The summed E-state index contributed by atoms with van der Waals surface area (Å²) in [6.07, 6.45) is 14.2. The molecular formula is C34H49NO2. The molecule has 202 valence electrons. The highest BCUT2D eigenvalue weighted by atomic mass is 16.3. The van der Waals surface area contributed by atoms with Crippen molar-refractivity contribution in [2.45, 2.75) is 98.5 Å². The zero-order valence-electron chi connectivity index (χ0n) is 24.1. The van der Waals surface area contributed by atoms with E-state index in [1.807, 2.05) is 26.8 Å². The van der Waals surface area contributed by atoms with E-state index >= 15 is 0 Å². The molecule has 0 aliphatic heterocycles. The van der Waals surface area contributed by atoms with Crippen LogP contribution >= 0.6 is 0 Å². The summed E-state index contributed by atoms with van der Waals surface area (Å²) < 4.78 is 0. The van der Waals surface area contributed by atoms with E-state index in [-0.39, 0.29) is 16.9 Å². The fourth-order valence-electron chi connectivity index (χ4n) is 8.14. The molecule has 4 aliphatic rings. The van der Waals surface area contributed by atoms with E-state index < -0.39 is 0 Å². The van der Waals surface area contributed by atoms with Crippen LogP contribution in [0, 0.1) is 46.8 Å². The summed E-state index contributed by atoms with van der Waals surface area (Å²) in [5.74, 6) is 5.92. The van der Waals surface area contributed by atoms with Gasteiger partial charge in [-0.05, 0) is 132 Å². The van der Waals surface area contributed by atoms with Crippen LogP contribution in [0.2, 0.25) is 0 Å². The van der Waals surface area contributed by atoms with E-state index in [1.54, 1.807) is 0 Å². The third-order valence-corrected chi connectivity index (χ3v) is 10.1. The van der Waals surface area contributed by atoms with Crippen molar-refractivity contribution >= 4 is 11.5 Å². The molecule has 0 saturated heterocycles. The van der Waals surface area contributed by atoms with Crippen LogP contribution in [0.3, 0.4) is 0 Å². The smallest absolute Gasteiger partial charge is 0.155 e. The van der Waals surface area contributed by atoms with Gasteiger partial charge in [-0.1, -0.05) is 24.6 Å². The highest BCUT2D eigenvalue weighted by Gasteiger charge is 2.59. The fraction of sp³-hybridized carbons (Fsp3) is 0.676. The average molecular weight is 504 g/mol. The summed E-state index contributed by atoms with van der Waals surface area (Å²) in [5.41, 5.74) is 4.29. The quantitative estimate of drug-likeness (QED) is 0.435. The maximum absolute atomic E-state index is 12.2. The molecule has 0 aromatic heterocycles. The van der Waals surface area contributed by atoms with Gasteiger partial charge in [0, 0.05) is 30.6 Å². The molecule has 1 aromatic carbocycles. The zero-order chi connectivity index (χ0) is 27.0. The molecule has 0 spiro atoms. The predicted molar refractivity (Wildman–Crippen MR) is 155 cm³/mol. The number of hydrogen-bond donors (Lipinski definition) is 1. The molecule has 1 aromatic rings.